The molecule has 5 heteroatoms. The summed E-state index contributed by atoms with van der Waals surface area (Å²) < 4.78 is 15.9. The molecule has 0 aromatic carbocycles. The van der Waals surface area contributed by atoms with Crippen LogP contribution in [-0.2, 0) is 19.0 Å². The van der Waals surface area contributed by atoms with Gasteiger partial charge in [0, 0.05) is 13.0 Å². The van der Waals surface area contributed by atoms with Gasteiger partial charge in [-0.3, -0.25) is 4.79 Å². The normalized spacial score (nSPS) is 10.8. The van der Waals surface area contributed by atoms with Gasteiger partial charge in [-0.2, -0.15) is 0 Å². The summed E-state index contributed by atoms with van der Waals surface area (Å²) in [7, 11) is 0. The van der Waals surface area contributed by atoms with Crippen molar-refractivity contribution in [1.82, 2.24) is 5.32 Å². The Balaban J connectivity index is 3.01. The molecule has 0 rings (SSSR count). The molecule has 1 amide bonds. The van der Waals surface area contributed by atoms with Crippen LogP contribution in [0.2, 0.25) is 0 Å². The fourth-order valence-corrected chi connectivity index (χ4v) is 1.05. The van der Waals surface area contributed by atoms with Crippen LogP contribution in [-0.4, -0.2) is 51.6 Å². The first kappa shape index (κ1) is 16.4. The first-order valence-corrected chi connectivity index (χ1v) is 6.20. The van der Waals surface area contributed by atoms with Gasteiger partial charge in [-0.1, -0.05) is 6.92 Å². The number of amides is 1. The lowest BCUT2D eigenvalue weighted by Crippen LogP contribution is -2.26. The van der Waals surface area contributed by atoms with E-state index < -0.39 is 0 Å². The van der Waals surface area contributed by atoms with E-state index in [1.54, 1.807) is 0 Å². The third kappa shape index (κ3) is 13.3. The molecule has 1 N–H and O–H groups in total. The fraction of sp³-hybridized carbons (Fsp3) is 0.917. The maximum atomic E-state index is 10.9. The van der Waals surface area contributed by atoms with E-state index in [-0.39, 0.29) is 12.0 Å². The van der Waals surface area contributed by atoms with Gasteiger partial charge in [0.05, 0.1) is 39.1 Å². The van der Waals surface area contributed by atoms with Gasteiger partial charge in [0.25, 0.3) is 0 Å². The molecule has 0 saturated carbocycles. The maximum Gasteiger partial charge on any atom is 0.219 e. The highest BCUT2D eigenvalue weighted by atomic mass is 16.5. The second kappa shape index (κ2) is 11.8. The van der Waals surface area contributed by atoms with E-state index in [2.05, 4.69) is 5.32 Å². The van der Waals surface area contributed by atoms with Gasteiger partial charge in [0.15, 0.2) is 0 Å². The lowest BCUT2D eigenvalue weighted by Gasteiger charge is -2.08. The number of ether oxygens (including phenoxy) is 3. The summed E-state index contributed by atoms with van der Waals surface area (Å²) in [5.74, 6) is 0.0516. The lowest BCUT2D eigenvalue weighted by atomic mass is 10.4. The molecule has 0 aromatic rings. The van der Waals surface area contributed by atoms with Crippen LogP contribution < -0.4 is 5.32 Å². The predicted octanol–water partition coefficient (Wildman–Crippen LogP) is 0.971. The molecular formula is C12H25NO4. The van der Waals surface area contributed by atoms with Gasteiger partial charge < -0.3 is 19.5 Å². The van der Waals surface area contributed by atoms with Crippen LogP contribution in [0.25, 0.3) is 0 Å². The van der Waals surface area contributed by atoms with Gasteiger partial charge in [0.2, 0.25) is 5.91 Å². The summed E-state index contributed by atoms with van der Waals surface area (Å²) in [5, 5.41) is 2.73. The molecule has 17 heavy (non-hydrogen) atoms. The van der Waals surface area contributed by atoms with Gasteiger partial charge in [-0.05, 0) is 13.8 Å². The Bertz CT molecular complexity index is 185. The Hall–Kier alpha value is -0.650. The van der Waals surface area contributed by atoms with Crippen molar-refractivity contribution in [3.05, 3.63) is 0 Å². The predicted molar refractivity (Wildman–Crippen MR) is 66.0 cm³/mol. The third-order valence-corrected chi connectivity index (χ3v) is 1.94. The van der Waals surface area contributed by atoms with E-state index in [0.717, 1.165) is 0 Å². The van der Waals surface area contributed by atoms with Crippen molar-refractivity contribution in [3.8, 4) is 0 Å². The van der Waals surface area contributed by atoms with E-state index >= 15 is 0 Å². The van der Waals surface area contributed by atoms with Crippen LogP contribution in [0, 0.1) is 0 Å². The number of carbonyl (C=O) groups is 1. The number of hydrogen-bond donors (Lipinski definition) is 1. The molecule has 0 aliphatic carbocycles. The molecule has 0 saturated heterocycles. The van der Waals surface area contributed by atoms with Crippen molar-refractivity contribution in [2.75, 3.05) is 39.6 Å². The first-order valence-electron chi connectivity index (χ1n) is 6.20. The van der Waals surface area contributed by atoms with Crippen molar-refractivity contribution in [3.63, 3.8) is 0 Å². The molecule has 0 bridgehead atoms. The standard InChI is InChI=1S/C12H25NO4/c1-4-12(14)13-5-6-15-7-8-16-9-10-17-11(2)3/h11H,4-10H2,1-3H3,(H,13,14). The summed E-state index contributed by atoms with van der Waals surface area (Å²) in [5.41, 5.74) is 0. The SMILES string of the molecule is CCC(=O)NCCOCCOCCOC(C)C. The zero-order valence-corrected chi connectivity index (χ0v) is 11.2. The monoisotopic (exact) mass is 247 g/mol. The van der Waals surface area contributed by atoms with E-state index in [1.165, 1.54) is 0 Å². The average Bonchev–Trinajstić information content (AvgIpc) is 2.30. The minimum Gasteiger partial charge on any atom is -0.377 e. The molecule has 0 aromatic heterocycles. The summed E-state index contributed by atoms with van der Waals surface area (Å²) in [6.07, 6.45) is 0.760. The van der Waals surface area contributed by atoms with Gasteiger partial charge in [-0.15, -0.1) is 0 Å². The lowest BCUT2D eigenvalue weighted by molar-refractivity contribution is -0.121. The highest BCUT2D eigenvalue weighted by Gasteiger charge is 1.96. The first-order chi connectivity index (χ1) is 8.16. The maximum absolute atomic E-state index is 10.9. The highest BCUT2D eigenvalue weighted by molar-refractivity contribution is 5.75. The minimum absolute atomic E-state index is 0.0516. The van der Waals surface area contributed by atoms with Crippen LogP contribution in [0.15, 0.2) is 0 Å². The third-order valence-electron chi connectivity index (χ3n) is 1.94. The van der Waals surface area contributed by atoms with Crippen molar-refractivity contribution < 1.29 is 19.0 Å². The Morgan fingerprint density at radius 1 is 1.06 bits per heavy atom. The Morgan fingerprint density at radius 2 is 1.65 bits per heavy atom. The summed E-state index contributed by atoms with van der Waals surface area (Å²) >= 11 is 0. The number of nitrogens with one attached hydrogen (secondary N) is 1. The van der Waals surface area contributed by atoms with E-state index in [9.17, 15) is 4.79 Å². The molecule has 0 radical (unpaired) electrons. The molecule has 0 aliphatic rings. The molecule has 0 atom stereocenters. The van der Waals surface area contributed by atoms with Crippen LogP contribution in [0.5, 0.6) is 0 Å². The number of rotatable bonds is 11. The van der Waals surface area contributed by atoms with Crippen LogP contribution in [0.4, 0.5) is 0 Å². The fourth-order valence-electron chi connectivity index (χ4n) is 1.05. The Labute approximate surface area is 104 Å². The van der Waals surface area contributed by atoms with E-state index in [0.29, 0.717) is 46.0 Å². The van der Waals surface area contributed by atoms with Gasteiger partial charge in [0.1, 0.15) is 0 Å². The van der Waals surface area contributed by atoms with E-state index in [4.69, 9.17) is 14.2 Å². The molecule has 102 valence electrons. The van der Waals surface area contributed by atoms with Crippen LogP contribution in [0.1, 0.15) is 27.2 Å². The molecule has 0 aliphatic heterocycles. The minimum atomic E-state index is 0.0516. The van der Waals surface area contributed by atoms with E-state index in [1.807, 2.05) is 20.8 Å². The molecule has 0 spiro atoms. The van der Waals surface area contributed by atoms with Gasteiger partial charge in [-0.25, -0.2) is 0 Å². The van der Waals surface area contributed by atoms with Gasteiger partial charge >= 0.3 is 0 Å². The summed E-state index contributed by atoms with van der Waals surface area (Å²) in [6, 6.07) is 0. The summed E-state index contributed by atoms with van der Waals surface area (Å²) in [6.45, 7) is 9.20. The quantitative estimate of drug-likeness (QED) is 0.553. The molecule has 0 heterocycles. The molecule has 5 nitrogen and oxygen atoms in total. The molecule has 0 fully saturated rings. The average molecular weight is 247 g/mol. The second-order valence-electron chi connectivity index (χ2n) is 3.85. The largest absolute Gasteiger partial charge is 0.377 e. The van der Waals surface area contributed by atoms with Crippen molar-refractivity contribution in [1.29, 1.82) is 0 Å². The van der Waals surface area contributed by atoms with Crippen molar-refractivity contribution in [2.24, 2.45) is 0 Å². The zero-order chi connectivity index (χ0) is 12.9. The van der Waals surface area contributed by atoms with Crippen molar-refractivity contribution in [2.45, 2.75) is 33.3 Å². The van der Waals surface area contributed by atoms with Crippen LogP contribution >= 0.6 is 0 Å². The summed E-state index contributed by atoms with van der Waals surface area (Å²) in [4.78, 5) is 10.9. The Morgan fingerprint density at radius 3 is 2.24 bits per heavy atom. The number of carbonyl (C=O) groups excluding carboxylic acids is 1. The highest BCUT2D eigenvalue weighted by Crippen LogP contribution is 1.87. The van der Waals surface area contributed by atoms with Crippen molar-refractivity contribution >= 4 is 5.91 Å². The topological polar surface area (TPSA) is 56.8 Å². The zero-order valence-electron chi connectivity index (χ0n) is 11.2. The molecular weight excluding hydrogens is 222 g/mol. The van der Waals surface area contributed by atoms with Crippen LogP contribution in [0.3, 0.4) is 0 Å². The Kier molecular flexibility index (Phi) is 11.4. The second-order valence-corrected chi connectivity index (χ2v) is 3.85. The molecule has 0 unspecified atom stereocenters. The smallest absolute Gasteiger partial charge is 0.219 e. The number of hydrogen-bond acceptors (Lipinski definition) is 4.